The van der Waals surface area contributed by atoms with Gasteiger partial charge in [-0.1, -0.05) is 41.4 Å². The Labute approximate surface area is 170 Å². The molecule has 4 rings (SSSR count). The maximum Gasteiger partial charge on any atom is 0.258 e. The number of benzene rings is 2. The molecule has 0 aliphatic carbocycles. The summed E-state index contributed by atoms with van der Waals surface area (Å²) in [5, 5.41) is 13.8. The summed E-state index contributed by atoms with van der Waals surface area (Å²) in [4.78, 5) is 21.3. The molecular weight excluding hydrogens is 399 g/mol. The van der Waals surface area contributed by atoms with Gasteiger partial charge in [0.25, 0.3) is 5.91 Å². The van der Waals surface area contributed by atoms with Gasteiger partial charge in [-0.2, -0.15) is 0 Å². The molecule has 0 aliphatic rings. The number of halogens is 2. The normalized spacial score (nSPS) is 11.0. The van der Waals surface area contributed by atoms with E-state index in [-0.39, 0.29) is 22.2 Å². The lowest BCUT2D eigenvalue weighted by Crippen LogP contribution is -2.14. The van der Waals surface area contributed by atoms with Gasteiger partial charge in [0.2, 0.25) is 0 Å². The summed E-state index contributed by atoms with van der Waals surface area (Å²) in [5.41, 5.74) is 2.66. The number of para-hydroxylation sites is 1. The number of imidazole rings is 1. The highest BCUT2D eigenvalue weighted by atomic mass is 35.5. The number of nitrogens with one attached hydrogen (secondary N) is 1. The number of carbonyl (C=O) groups is 1. The van der Waals surface area contributed by atoms with Gasteiger partial charge in [-0.05, 0) is 18.2 Å². The second kappa shape index (κ2) is 7.59. The Kier molecular flexibility index (Phi) is 5.00. The molecule has 8 heteroatoms. The summed E-state index contributed by atoms with van der Waals surface area (Å²) in [6, 6.07) is 10.3. The maximum atomic E-state index is 12.8. The second-order valence-corrected chi connectivity index (χ2v) is 6.83. The molecule has 0 saturated carbocycles. The first-order valence-corrected chi connectivity index (χ1v) is 9.11. The lowest BCUT2D eigenvalue weighted by atomic mass is 10.1. The van der Waals surface area contributed by atoms with Crippen LogP contribution in [0.2, 0.25) is 10.0 Å². The van der Waals surface area contributed by atoms with E-state index in [2.05, 4.69) is 15.3 Å². The molecule has 0 fully saturated rings. The first kappa shape index (κ1) is 18.4. The number of hydrogen-bond acceptors (Lipinski definition) is 4. The van der Waals surface area contributed by atoms with Crippen molar-refractivity contribution in [3.05, 3.63) is 82.5 Å². The molecule has 0 radical (unpaired) electrons. The van der Waals surface area contributed by atoms with Crippen LogP contribution in [0.5, 0.6) is 0 Å². The Balaban J connectivity index is 1.83. The van der Waals surface area contributed by atoms with Gasteiger partial charge >= 0.3 is 0 Å². The molecular formula is C20H14Cl2N4O2. The summed E-state index contributed by atoms with van der Waals surface area (Å²) < 4.78 is 1.80. The second-order valence-electron chi connectivity index (χ2n) is 6.01. The number of rotatable bonds is 4. The van der Waals surface area contributed by atoms with Crippen LogP contribution in [0, 0.1) is 0 Å². The quantitative estimate of drug-likeness (QED) is 0.517. The Morgan fingerprint density at radius 1 is 1.14 bits per heavy atom. The molecule has 6 nitrogen and oxygen atoms in total. The minimum absolute atomic E-state index is 0.178. The van der Waals surface area contributed by atoms with E-state index in [4.69, 9.17) is 23.2 Å². The molecule has 1 amide bonds. The van der Waals surface area contributed by atoms with Crippen molar-refractivity contribution >= 4 is 45.7 Å². The monoisotopic (exact) mass is 412 g/mol. The van der Waals surface area contributed by atoms with Crippen molar-refractivity contribution in [1.82, 2.24) is 14.5 Å². The Hall–Kier alpha value is -2.93. The van der Waals surface area contributed by atoms with Crippen LogP contribution >= 0.6 is 23.2 Å². The zero-order valence-corrected chi connectivity index (χ0v) is 15.9. The fraction of sp³-hybridized carbons (Fsp3) is 0.0500. The summed E-state index contributed by atoms with van der Waals surface area (Å²) in [5.74, 6) is -0.430. The van der Waals surface area contributed by atoms with Gasteiger partial charge in [0.1, 0.15) is 0 Å². The van der Waals surface area contributed by atoms with E-state index in [9.17, 15) is 9.90 Å². The average Bonchev–Trinajstić information content (AvgIpc) is 3.21. The molecule has 2 aromatic carbocycles. The van der Waals surface area contributed by atoms with Crippen LogP contribution in [0.3, 0.4) is 0 Å². The summed E-state index contributed by atoms with van der Waals surface area (Å²) in [7, 11) is 0. The Bertz CT molecular complexity index is 1160. The topological polar surface area (TPSA) is 80.0 Å². The number of amides is 1. The number of anilines is 1. The Morgan fingerprint density at radius 2 is 1.89 bits per heavy atom. The molecule has 0 unspecified atom stereocenters. The van der Waals surface area contributed by atoms with Gasteiger partial charge in [0.05, 0.1) is 45.4 Å². The zero-order valence-electron chi connectivity index (χ0n) is 14.4. The van der Waals surface area contributed by atoms with Crippen LogP contribution in [-0.2, 0) is 6.61 Å². The fourth-order valence-electron chi connectivity index (χ4n) is 3.06. The molecule has 2 heterocycles. The van der Waals surface area contributed by atoms with Gasteiger partial charge in [-0.15, -0.1) is 0 Å². The van der Waals surface area contributed by atoms with E-state index >= 15 is 0 Å². The van der Waals surface area contributed by atoms with Crippen molar-refractivity contribution in [3.8, 4) is 5.69 Å². The van der Waals surface area contributed by atoms with Crippen molar-refractivity contribution in [1.29, 1.82) is 0 Å². The van der Waals surface area contributed by atoms with Crippen LogP contribution < -0.4 is 5.32 Å². The summed E-state index contributed by atoms with van der Waals surface area (Å²) in [6.07, 6.45) is 6.65. The number of aliphatic hydroxyl groups is 1. The summed E-state index contributed by atoms with van der Waals surface area (Å²) in [6.45, 7) is -0.178. The number of aliphatic hydroxyl groups excluding tert-OH is 1. The van der Waals surface area contributed by atoms with Gasteiger partial charge in [-0.3, -0.25) is 9.78 Å². The van der Waals surface area contributed by atoms with Crippen molar-refractivity contribution in [2.45, 2.75) is 6.61 Å². The standard InChI is InChI=1S/C20H14Cl2N4O2/c21-14-4-2-5-15(22)17(14)20(28)25-16-6-1-3-13-18(16)24-9-12(10-27)19(13)26-8-7-23-11-26/h1-9,11,27H,10H2,(H,25,28). The first-order chi connectivity index (χ1) is 13.6. The minimum Gasteiger partial charge on any atom is -0.392 e. The van der Waals surface area contributed by atoms with Gasteiger partial charge in [-0.25, -0.2) is 4.98 Å². The lowest BCUT2D eigenvalue weighted by molar-refractivity contribution is 0.102. The maximum absolute atomic E-state index is 12.8. The number of aromatic nitrogens is 3. The van der Waals surface area contributed by atoms with Gasteiger partial charge in [0.15, 0.2) is 0 Å². The molecule has 0 bridgehead atoms. The predicted octanol–water partition coefficient (Wildman–Crippen LogP) is 4.47. The molecule has 4 aromatic rings. The fourth-order valence-corrected chi connectivity index (χ4v) is 3.63. The highest BCUT2D eigenvalue weighted by molar-refractivity contribution is 6.40. The van der Waals surface area contributed by atoms with E-state index in [1.54, 1.807) is 59.8 Å². The molecule has 2 N–H and O–H groups in total. The van der Waals surface area contributed by atoms with Crippen LogP contribution in [0.1, 0.15) is 15.9 Å². The number of pyridine rings is 1. The average molecular weight is 413 g/mol. The molecule has 0 spiro atoms. The third-order valence-electron chi connectivity index (χ3n) is 4.32. The smallest absolute Gasteiger partial charge is 0.258 e. The lowest BCUT2D eigenvalue weighted by Gasteiger charge is -2.15. The van der Waals surface area contributed by atoms with Crippen LogP contribution in [0.15, 0.2) is 61.3 Å². The van der Waals surface area contributed by atoms with Crippen molar-refractivity contribution in [2.24, 2.45) is 0 Å². The minimum atomic E-state index is -0.430. The molecule has 2 aromatic heterocycles. The van der Waals surface area contributed by atoms with Crippen molar-refractivity contribution < 1.29 is 9.90 Å². The van der Waals surface area contributed by atoms with Crippen LogP contribution in [0.4, 0.5) is 5.69 Å². The molecule has 0 saturated heterocycles. The predicted molar refractivity (Wildman–Crippen MR) is 109 cm³/mol. The zero-order chi connectivity index (χ0) is 19.7. The van der Waals surface area contributed by atoms with Crippen molar-refractivity contribution in [2.75, 3.05) is 5.32 Å². The van der Waals surface area contributed by atoms with E-state index < -0.39 is 5.91 Å². The highest BCUT2D eigenvalue weighted by Gasteiger charge is 2.18. The largest absolute Gasteiger partial charge is 0.392 e. The van der Waals surface area contributed by atoms with E-state index in [1.165, 1.54) is 0 Å². The number of carbonyl (C=O) groups excluding carboxylic acids is 1. The number of hydrogen-bond donors (Lipinski definition) is 2. The third-order valence-corrected chi connectivity index (χ3v) is 4.95. The highest BCUT2D eigenvalue weighted by Crippen LogP contribution is 2.31. The van der Waals surface area contributed by atoms with E-state index in [0.29, 0.717) is 16.8 Å². The molecule has 28 heavy (non-hydrogen) atoms. The molecule has 0 atom stereocenters. The summed E-state index contributed by atoms with van der Waals surface area (Å²) >= 11 is 12.3. The van der Waals surface area contributed by atoms with E-state index in [0.717, 1.165) is 11.1 Å². The Morgan fingerprint density at radius 3 is 2.57 bits per heavy atom. The third kappa shape index (κ3) is 3.22. The van der Waals surface area contributed by atoms with Crippen LogP contribution in [-0.4, -0.2) is 25.5 Å². The van der Waals surface area contributed by atoms with E-state index in [1.807, 2.05) is 6.07 Å². The van der Waals surface area contributed by atoms with Gasteiger partial charge in [0, 0.05) is 29.5 Å². The number of fused-ring (bicyclic) bond motifs is 1. The first-order valence-electron chi connectivity index (χ1n) is 8.35. The number of nitrogens with zero attached hydrogens (tertiary/aromatic N) is 3. The molecule has 140 valence electrons. The van der Waals surface area contributed by atoms with Gasteiger partial charge < -0.3 is 15.0 Å². The van der Waals surface area contributed by atoms with Crippen LogP contribution in [0.25, 0.3) is 16.6 Å². The SMILES string of the molecule is O=C(Nc1cccc2c(-n3ccnc3)c(CO)cnc12)c1c(Cl)cccc1Cl. The molecule has 0 aliphatic heterocycles. The van der Waals surface area contributed by atoms with Crippen molar-refractivity contribution in [3.63, 3.8) is 0 Å².